The SMILES string of the molecule is Cl/C(=N\NC1=NCCN1)c1ccc(Br)cc1. The Labute approximate surface area is 107 Å². The maximum atomic E-state index is 6.03. The summed E-state index contributed by atoms with van der Waals surface area (Å²) in [7, 11) is 0. The van der Waals surface area contributed by atoms with Gasteiger partial charge in [0.05, 0.1) is 6.54 Å². The Balaban J connectivity index is 2.03. The predicted molar refractivity (Wildman–Crippen MR) is 70.0 cm³/mol. The fourth-order valence-electron chi connectivity index (χ4n) is 1.23. The van der Waals surface area contributed by atoms with Crippen LogP contribution in [0.4, 0.5) is 0 Å². The van der Waals surface area contributed by atoms with Crippen molar-refractivity contribution in [3.05, 3.63) is 34.3 Å². The van der Waals surface area contributed by atoms with Crippen molar-refractivity contribution in [2.24, 2.45) is 10.1 Å². The zero-order valence-corrected chi connectivity index (χ0v) is 10.7. The van der Waals surface area contributed by atoms with Crippen LogP contribution in [0.15, 0.2) is 38.8 Å². The van der Waals surface area contributed by atoms with Crippen LogP contribution in [0.3, 0.4) is 0 Å². The molecular formula is C10H10BrClN4. The van der Waals surface area contributed by atoms with Gasteiger partial charge >= 0.3 is 0 Å². The molecule has 0 spiro atoms. The van der Waals surface area contributed by atoms with Gasteiger partial charge in [0, 0.05) is 16.6 Å². The lowest BCUT2D eigenvalue weighted by atomic mass is 10.2. The second-order valence-electron chi connectivity index (χ2n) is 3.18. The minimum atomic E-state index is 0.406. The van der Waals surface area contributed by atoms with E-state index in [-0.39, 0.29) is 0 Å². The first-order valence-electron chi connectivity index (χ1n) is 4.79. The Morgan fingerprint density at radius 3 is 2.81 bits per heavy atom. The number of benzene rings is 1. The first-order chi connectivity index (χ1) is 7.75. The largest absolute Gasteiger partial charge is 0.353 e. The lowest BCUT2D eigenvalue weighted by Crippen LogP contribution is -2.30. The van der Waals surface area contributed by atoms with Crippen molar-refractivity contribution in [3.8, 4) is 0 Å². The molecule has 4 nitrogen and oxygen atoms in total. The summed E-state index contributed by atoms with van der Waals surface area (Å²) in [4.78, 5) is 4.14. The quantitative estimate of drug-likeness (QED) is 0.647. The third-order valence-electron chi connectivity index (χ3n) is 2.02. The van der Waals surface area contributed by atoms with Gasteiger partial charge in [-0.15, -0.1) is 0 Å². The molecule has 0 atom stereocenters. The maximum absolute atomic E-state index is 6.03. The molecule has 0 aromatic heterocycles. The van der Waals surface area contributed by atoms with Crippen molar-refractivity contribution in [1.82, 2.24) is 10.7 Å². The molecule has 0 aliphatic carbocycles. The number of hydrazone groups is 1. The van der Waals surface area contributed by atoms with Gasteiger partial charge in [0.1, 0.15) is 0 Å². The third kappa shape index (κ3) is 2.96. The molecule has 2 rings (SSSR count). The lowest BCUT2D eigenvalue weighted by Gasteiger charge is -2.02. The highest BCUT2D eigenvalue weighted by Crippen LogP contribution is 2.12. The van der Waals surface area contributed by atoms with Gasteiger partial charge in [-0.2, -0.15) is 5.10 Å². The fraction of sp³-hybridized carbons (Fsp3) is 0.200. The topological polar surface area (TPSA) is 48.8 Å². The minimum absolute atomic E-state index is 0.406. The molecule has 1 aromatic carbocycles. The third-order valence-corrected chi connectivity index (χ3v) is 2.85. The second-order valence-corrected chi connectivity index (χ2v) is 4.45. The molecule has 6 heteroatoms. The number of halogens is 2. The Kier molecular flexibility index (Phi) is 3.79. The smallest absolute Gasteiger partial charge is 0.212 e. The Morgan fingerprint density at radius 1 is 1.44 bits per heavy atom. The van der Waals surface area contributed by atoms with Gasteiger partial charge in [0.25, 0.3) is 0 Å². The van der Waals surface area contributed by atoms with E-state index in [4.69, 9.17) is 11.6 Å². The molecule has 0 radical (unpaired) electrons. The van der Waals surface area contributed by atoms with Crippen molar-refractivity contribution in [2.75, 3.05) is 13.1 Å². The summed E-state index contributed by atoms with van der Waals surface area (Å²) in [6.07, 6.45) is 0. The van der Waals surface area contributed by atoms with E-state index in [1.807, 2.05) is 24.3 Å². The van der Waals surface area contributed by atoms with Crippen LogP contribution in [0.2, 0.25) is 0 Å². The molecule has 84 valence electrons. The molecule has 0 saturated heterocycles. The van der Waals surface area contributed by atoms with Crippen LogP contribution in [0.25, 0.3) is 0 Å². The monoisotopic (exact) mass is 300 g/mol. The molecule has 0 amide bonds. The Morgan fingerprint density at radius 2 is 2.19 bits per heavy atom. The number of aliphatic imine (C=N–C) groups is 1. The van der Waals surface area contributed by atoms with E-state index in [1.54, 1.807) is 0 Å². The molecule has 0 fully saturated rings. The normalized spacial score (nSPS) is 15.6. The fourth-order valence-corrected chi connectivity index (χ4v) is 1.66. The number of guanidine groups is 1. The molecule has 16 heavy (non-hydrogen) atoms. The summed E-state index contributed by atoms with van der Waals surface area (Å²) >= 11 is 9.39. The summed E-state index contributed by atoms with van der Waals surface area (Å²) in [5, 5.41) is 7.47. The van der Waals surface area contributed by atoms with Crippen molar-refractivity contribution < 1.29 is 0 Å². The van der Waals surface area contributed by atoms with Gasteiger partial charge in [-0.3, -0.25) is 0 Å². The van der Waals surface area contributed by atoms with Gasteiger partial charge in [0.2, 0.25) is 5.96 Å². The predicted octanol–water partition coefficient (Wildman–Crippen LogP) is 1.90. The molecule has 0 saturated carbocycles. The van der Waals surface area contributed by atoms with Crippen molar-refractivity contribution in [1.29, 1.82) is 0 Å². The molecule has 1 aromatic rings. The summed E-state index contributed by atoms with van der Waals surface area (Å²) in [5.74, 6) is 0.662. The van der Waals surface area contributed by atoms with Gasteiger partial charge in [-0.1, -0.05) is 39.7 Å². The zero-order valence-electron chi connectivity index (χ0n) is 8.37. The summed E-state index contributed by atoms with van der Waals surface area (Å²) in [6.45, 7) is 1.61. The highest BCUT2D eigenvalue weighted by molar-refractivity contribution is 9.10. The Bertz CT molecular complexity index is 427. The van der Waals surface area contributed by atoms with E-state index in [1.165, 1.54) is 0 Å². The maximum Gasteiger partial charge on any atom is 0.212 e. The first-order valence-corrected chi connectivity index (χ1v) is 5.96. The van der Waals surface area contributed by atoms with E-state index in [2.05, 4.69) is 36.8 Å². The van der Waals surface area contributed by atoms with Gasteiger partial charge in [0.15, 0.2) is 5.17 Å². The number of nitrogens with zero attached hydrogens (tertiary/aromatic N) is 2. The van der Waals surface area contributed by atoms with Gasteiger partial charge in [-0.25, -0.2) is 10.4 Å². The highest BCUT2D eigenvalue weighted by atomic mass is 79.9. The Hall–Kier alpha value is -1.07. The van der Waals surface area contributed by atoms with E-state index in [0.717, 1.165) is 23.1 Å². The standard InChI is InChI=1S/C10H10BrClN4/c11-8-3-1-7(2-4-8)9(12)15-16-10-13-5-6-14-10/h1-4H,5-6H2,(H2,13,14,16)/b15-9-. The van der Waals surface area contributed by atoms with Gasteiger partial charge in [-0.05, 0) is 12.1 Å². The van der Waals surface area contributed by atoms with Crippen molar-refractivity contribution in [2.45, 2.75) is 0 Å². The molecule has 1 aliphatic rings. The van der Waals surface area contributed by atoms with Crippen molar-refractivity contribution >= 4 is 38.7 Å². The van der Waals surface area contributed by atoms with Crippen molar-refractivity contribution in [3.63, 3.8) is 0 Å². The van der Waals surface area contributed by atoms with E-state index < -0.39 is 0 Å². The number of nitrogens with one attached hydrogen (secondary N) is 2. The molecule has 2 N–H and O–H groups in total. The highest BCUT2D eigenvalue weighted by Gasteiger charge is 2.04. The minimum Gasteiger partial charge on any atom is -0.353 e. The van der Waals surface area contributed by atoms with Crippen LogP contribution >= 0.6 is 27.5 Å². The number of hydrogen-bond acceptors (Lipinski definition) is 4. The molecule has 0 bridgehead atoms. The van der Waals surface area contributed by atoms with E-state index in [9.17, 15) is 0 Å². The summed E-state index contributed by atoms with van der Waals surface area (Å²) < 4.78 is 1.01. The molecule has 1 aliphatic heterocycles. The van der Waals surface area contributed by atoms with Crippen LogP contribution in [0.5, 0.6) is 0 Å². The average molecular weight is 302 g/mol. The average Bonchev–Trinajstić information content (AvgIpc) is 2.80. The van der Waals surface area contributed by atoms with Crippen LogP contribution in [0.1, 0.15) is 5.56 Å². The van der Waals surface area contributed by atoms with Crippen LogP contribution < -0.4 is 10.7 Å². The molecule has 0 unspecified atom stereocenters. The van der Waals surface area contributed by atoms with Crippen LogP contribution in [-0.4, -0.2) is 24.2 Å². The summed E-state index contributed by atoms with van der Waals surface area (Å²) in [6, 6.07) is 7.61. The lowest BCUT2D eigenvalue weighted by molar-refractivity contribution is 0.919. The molecule has 1 heterocycles. The summed E-state index contributed by atoms with van der Waals surface area (Å²) in [5.41, 5.74) is 3.64. The van der Waals surface area contributed by atoms with Crippen LogP contribution in [-0.2, 0) is 0 Å². The van der Waals surface area contributed by atoms with E-state index >= 15 is 0 Å². The van der Waals surface area contributed by atoms with E-state index in [0.29, 0.717) is 11.1 Å². The molecular weight excluding hydrogens is 291 g/mol. The number of hydrogen-bond donors (Lipinski definition) is 2. The zero-order chi connectivity index (χ0) is 11.4. The second kappa shape index (κ2) is 5.32. The number of rotatable bonds is 2. The van der Waals surface area contributed by atoms with Crippen LogP contribution in [0, 0.1) is 0 Å². The first kappa shape index (κ1) is 11.4. The van der Waals surface area contributed by atoms with Gasteiger partial charge < -0.3 is 5.32 Å².